The Morgan fingerprint density at radius 2 is 2.24 bits per heavy atom. The highest BCUT2D eigenvalue weighted by molar-refractivity contribution is 7.80. The van der Waals surface area contributed by atoms with Gasteiger partial charge in [-0.3, -0.25) is 0 Å². The SMILES string of the molecule is CCOCC(C)Oc1ccc(C(N)=S)c(Cl)c1. The quantitative estimate of drug-likeness (QED) is 0.810. The second-order valence-corrected chi connectivity index (χ2v) is 4.44. The third-order valence-corrected chi connectivity index (χ3v) is 2.63. The van der Waals surface area contributed by atoms with Gasteiger partial charge in [0, 0.05) is 12.2 Å². The third-order valence-electron chi connectivity index (χ3n) is 2.10. The summed E-state index contributed by atoms with van der Waals surface area (Å²) in [6.45, 7) is 5.10. The van der Waals surface area contributed by atoms with Gasteiger partial charge in [-0.25, -0.2) is 0 Å². The zero-order valence-corrected chi connectivity index (χ0v) is 11.5. The van der Waals surface area contributed by atoms with E-state index in [-0.39, 0.29) is 11.1 Å². The van der Waals surface area contributed by atoms with Crippen LogP contribution in [0.25, 0.3) is 0 Å². The summed E-state index contributed by atoms with van der Waals surface area (Å²) in [7, 11) is 0. The van der Waals surface area contributed by atoms with E-state index in [1.165, 1.54) is 0 Å². The highest BCUT2D eigenvalue weighted by atomic mass is 35.5. The van der Waals surface area contributed by atoms with E-state index in [0.717, 1.165) is 0 Å². The highest BCUT2D eigenvalue weighted by Crippen LogP contribution is 2.23. The molecule has 0 spiro atoms. The number of rotatable bonds is 6. The van der Waals surface area contributed by atoms with Crippen molar-refractivity contribution in [1.29, 1.82) is 0 Å². The van der Waals surface area contributed by atoms with E-state index in [2.05, 4.69) is 0 Å². The van der Waals surface area contributed by atoms with E-state index in [1.807, 2.05) is 13.8 Å². The van der Waals surface area contributed by atoms with Crippen molar-refractivity contribution in [3.63, 3.8) is 0 Å². The number of hydrogen-bond acceptors (Lipinski definition) is 3. The zero-order valence-electron chi connectivity index (χ0n) is 9.90. The second kappa shape index (κ2) is 6.79. The smallest absolute Gasteiger partial charge is 0.121 e. The Bertz CT molecular complexity index is 398. The fourth-order valence-electron chi connectivity index (χ4n) is 1.32. The largest absolute Gasteiger partial charge is 0.488 e. The number of halogens is 1. The van der Waals surface area contributed by atoms with Crippen LogP contribution in [-0.2, 0) is 4.74 Å². The molecule has 0 bridgehead atoms. The van der Waals surface area contributed by atoms with Gasteiger partial charge in [-0.15, -0.1) is 0 Å². The van der Waals surface area contributed by atoms with Crippen molar-refractivity contribution < 1.29 is 9.47 Å². The van der Waals surface area contributed by atoms with Crippen LogP contribution in [0.2, 0.25) is 5.02 Å². The van der Waals surface area contributed by atoms with Gasteiger partial charge in [0.2, 0.25) is 0 Å². The lowest BCUT2D eigenvalue weighted by Gasteiger charge is -2.15. The molecule has 0 aliphatic heterocycles. The molecule has 17 heavy (non-hydrogen) atoms. The van der Waals surface area contributed by atoms with Crippen LogP contribution in [-0.4, -0.2) is 24.3 Å². The van der Waals surface area contributed by atoms with Crippen molar-refractivity contribution in [1.82, 2.24) is 0 Å². The van der Waals surface area contributed by atoms with Crippen LogP contribution in [0.1, 0.15) is 19.4 Å². The molecule has 3 nitrogen and oxygen atoms in total. The topological polar surface area (TPSA) is 44.5 Å². The van der Waals surface area contributed by atoms with Crippen LogP contribution >= 0.6 is 23.8 Å². The fraction of sp³-hybridized carbons (Fsp3) is 0.417. The normalized spacial score (nSPS) is 12.2. The van der Waals surface area contributed by atoms with Crippen LogP contribution < -0.4 is 10.5 Å². The summed E-state index contributed by atoms with van der Waals surface area (Å²) in [6.07, 6.45) is -0.0262. The van der Waals surface area contributed by atoms with Gasteiger partial charge in [-0.2, -0.15) is 0 Å². The lowest BCUT2D eigenvalue weighted by Crippen LogP contribution is -2.19. The molecule has 5 heteroatoms. The summed E-state index contributed by atoms with van der Waals surface area (Å²) in [5.41, 5.74) is 6.18. The first-order valence-electron chi connectivity index (χ1n) is 5.38. The molecular weight excluding hydrogens is 258 g/mol. The number of ether oxygens (including phenoxy) is 2. The number of hydrogen-bond donors (Lipinski definition) is 1. The summed E-state index contributed by atoms with van der Waals surface area (Å²) >= 11 is 10.9. The third kappa shape index (κ3) is 4.50. The molecule has 0 amide bonds. The van der Waals surface area contributed by atoms with Gasteiger partial charge < -0.3 is 15.2 Å². The molecule has 2 N–H and O–H groups in total. The Kier molecular flexibility index (Phi) is 5.68. The van der Waals surface area contributed by atoms with Crippen molar-refractivity contribution in [2.24, 2.45) is 5.73 Å². The minimum Gasteiger partial charge on any atom is -0.488 e. The summed E-state index contributed by atoms with van der Waals surface area (Å²) in [6, 6.07) is 5.26. The Morgan fingerprint density at radius 3 is 2.76 bits per heavy atom. The molecule has 1 aromatic carbocycles. The molecule has 0 saturated heterocycles. The molecule has 0 heterocycles. The van der Waals surface area contributed by atoms with E-state index in [9.17, 15) is 0 Å². The van der Waals surface area contributed by atoms with Crippen LogP contribution in [0.4, 0.5) is 0 Å². The molecule has 1 unspecified atom stereocenters. The van der Waals surface area contributed by atoms with Crippen LogP contribution in [0.3, 0.4) is 0 Å². The van der Waals surface area contributed by atoms with E-state index in [4.69, 9.17) is 39.0 Å². The van der Waals surface area contributed by atoms with Crippen molar-refractivity contribution >= 4 is 28.8 Å². The maximum Gasteiger partial charge on any atom is 0.121 e. The summed E-state index contributed by atoms with van der Waals surface area (Å²) in [5, 5.41) is 0.499. The van der Waals surface area contributed by atoms with Crippen LogP contribution in [0.5, 0.6) is 5.75 Å². The molecular formula is C12H16ClNO2S. The van der Waals surface area contributed by atoms with Crippen LogP contribution in [0.15, 0.2) is 18.2 Å². The van der Waals surface area contributed by atoms with E-state index < -0.39 is 0 Å². The first kappa shape index (κ1) is 14.2. The van der Waals surface area contributed by atoms with E-state index in [1.54, 1.807) is 18.2 Å². The van der Waals surface area contributed by atoms with Crippen molar-refractivity contribution in [3.05, 3.63) is 28.8 Å². The first-order valence-corrected chi connectivity index (χ1v) is 6.17. The van der Waals surface area contributed by atoms with E-state index >= 15 is 0 Å². The van der Waals surface area contributed by atoms with Crippen molar-refractivity contribution in [2.75, 3.05) is 13.2 Å². The average molecular weight is 274 g/mol. The van der Waals surface area contributed by atoms with Gasteiger partial charge >= 0.3 is 0 Å². The number of nitrogens with two attached hydrogens (primary N) is 1. The van der Waals surface area contributed by atoms with Gasteiger partial charge in [0.1, 0.15) is 16.8 Å². The Balaban J connectivity index is 2.67. The molecule has 0 aliphatic carbocycles. The van der Waals surface area contributed by atoms with Gasteiger partial charge in [0.25, 0.3) is 0 Å². The molecule has 0 saturated carbocycles. The van der Waals surface area contributed by atoms with Gasteiger partial charge in [-0.05, 0) is 32.0 Å². The Morgan fingerprint density at radius 1 is 1.53 bits per heavy atom. The Labute approximate surface area is 112 Å². The molecule has 1 atom stereocenters. The average Bonchev–Trinajstić information content (AvgIpc) is 2.26. The van der Waals surface area contributed by atoms with Gasteiger partial charge in [-0.1, -0.05) is 23.8 Å². The summed E-state index contributed by atoms with van der Waals surface area (Å²) in [5.74, 6) is 0.683. The lowest BCUT2D eigenvalue weighted by molar-refractivity contribution is 0.0657. The number of benzene rings is 1. The predicted molar refractivity (Wildman–Crippen MR) is 73.9 cm³/mol. The standard InChI is InChI=1S/C12H16ClNO2S/c1-3-15-7-8(2)16-9-4-5-10(12(14)17)11(13)6-9/h4-6,8H,3,7H2,1-2H3,(H2,14,17). The van der Waals surface area contributed by atoms with Gasteiger partial charge in [0.15, 0.2) is 0 Å². The highest BCUT2D eigenvalue weighted by Gasteiger charge is 2.08. The second-order valence-electron chi connectivity index (χ2n) is 3.59. The summed E-state index contributed by atoms with van der Waals surface area (Å²) < 4.78 is 10.9. The van der Waals surface area contributed by atoms with Crippen LogP contribution in [0, 0.1) is 0 Å². The van der Waals surface area contributed by atoms with E-state index in [0.29, 0.717) is 29.5 Å². The molecule has 0 aromatic heterocycles. The lowest BCUT2D eigenvalue weighted by atomic mass is 10.2. The fourth-order valence-corrected chi connectivity index (χ4v) is 1.83. The minimum absolute atomic E-state index is 0.0262. The number of thiocarbonyl (C=S) groups is 1. The first-order chi connectivity index (χ1) is 8.04. The molecule has 0 radical (unpaired) electrons. The molecule has 1 rings (SSSR count). The maximum atomic E-state index is 6.03. The molecule has 1 aromatic rings. The predicted octanol–water partition coefficient (Wildman–Crippen LogP) is 2.78. The molecule has 94 valence electrons. The van der Waals surface area contributed by atoms with Crippen molar-refractivity contribution in [2.45, 2.75) is 20.0 Å². The molecule has 0 aliphatic rings. The minimum atomic E-state index is -0.0262. The molecule has 0 fully saturated rings. The Hall–Kier alpha value is -0.840. The van der Waals surface area contributed by atoms with Crippen molar-refractivity contribution in [3.8, 4) is 5.75 Å². The monoisotopic (exact) mass is 273 g/mol. The zero-order chi connectivity index (χ0) is 12.8. The maximum absolute atomic E-state index is 6.03. The summed E-state index contributed by atoms with van der Waals surface area (Å²) in [4.78, 5) is 0.281. The van der Waals surface area contributed by atoms with Gasteiger partial charge in [0.05, 0.1) is 11.6 Å².